The van der Waals surface area contributed by atoms with Crippen molar-refractivity contribution in [2.45, 2.75) is 0 Å². The van der Waals surface area contributed by atoms with Crippen molar-refractivity contribution in [3.63, 3.8) is 0 Å². The number of rotatable bonds is 5. The molecule has 0 heterocycles. The van der Waals surface area contributed by atoms with Crippen molar-refractivity contribution in [1.29, 1.82) is 0 Å². The zero-order chi connectivity index (χ0) is 20.8. The van der Waals surface area contributed by atoms with Gasteiger partial charge in [0.15, 0.2) is 0 Å². The third-order valence-electron chi connectivity index (χ3n) is 3.85. The number of nitrogens with one attached hydrogen (secondary N) is 2. The van der Waals surface area contributed by atoms with Gasteiger partial charge in [-0.05, 0) is 60.7 Å². The van der Waals surface area contributed by atoms with Crippen LogP contribution in [0.4, 0.5) is 5.69 Å². The molecule has 0 saturated carbocycles. The van der Waals surface area contributed by atoms with Gasteiger partial charge in [0.2, 0.25) is 0 Å². The van der Waals surface area contributed by atoms with E-state index >= 15 is 0 Å². The van der Waals surface area contributed by atoms with Crippen LogP contribution in [0.1, 0.15) is 26.3 Å². The maximum absolute atomic E-state index is 12.2. The lowest BCUT2D eigenvalue weighted by Gasteiger charge is -2.06. The molecule has 0 spiro atoms. The number of anilines is 1. The highest BCUT2D eigenvalue weighted by molar-refractivity contribution is 6.31. The number of aromatic hydroxyl groups is 1. The predicted octanol–water partition coefficient (Wildman–Crippen LogP) is 4.72. The fourth-order valence-electron chi connectivity index (χ4n) is 2.39. The summed E-state index contributed by atoms with van der Waals surface area (Å²) in [5, 5.41) is 17.2. The molecule has 29 heavy (non-hydrogen) atoms. The van der Waals surface area contributed by atoms with Crippen molar-refractivity contribution in [3.8, 4) is 5.75 Å². The summed E-state index contributed by atoms with van der Waals surface area (Å²) >= 11 is 11.7. The molecule has 3 aromatic rings. The summed E-state index contributed by atoms with van der Waals surface area (Å²) in [4.78, 5) is 24.4. The van der Waals surface area contributed by atoms with E-state index in [0.717, 1.165) is 0 Å². The number of carbonyl (C=O) groups excluding carboxylic acids is 2. The Hall–Kier alpha value is -3.35. The Kier molecular flexibility index (Phi) is 6.49. The predicted molar refractivity (Wildman–Crippen MR) is 114 cm³/mol. The molecule has 8 heteroatoms. The molecule has 0 aromatic heterocycles. The van der Waals surface area contributed by atoms with Gasteiger partial charge in [-0.2, -0.15) is 5.10 Å². The number of hydrazone groups is 1. The second-order valence-corrected chi connectivity index (χ2v) is 6.82. The van der Waals surface area contributed by atoms with Crippen molar-refractivity contribution in [2.24, 2.45) is 5.10 Å². The average molecular weight is 428 g/mol. The Morgan fingerprint density at radius 1 is 0.862 bits per heavy atom. The summed E-state index contributed by atoms with van der Waals surface area (Å²) in [6.45, 7) is 0. The van der Waals surface area contributed by atoms with Crippen LogP contribution >= 0.6 is 23.2 Å². The molecule has 0 aliphatic rings. The van der Waals surface area contributed by atoms with Crippen LogP contribution in [0.2, 0.25) is 10.0 Å². The molecule has 3 N–H and O–H groups in total. The van der Waals surface area contributed by atoms with Crippen molar-refractivity contribution < 1.29 is 14.7 Å². The summed E-state index contributed by atoms with van der Waals surface area (Å²) in [7, 11) is 0. The van der Waals surface area contributed by atoms with E-state index in [1.165, 1.54) is 18.3 Å². The third-order valence-corrected chi connectivity index (χ3v) is 4.32. The van der Waals surface area contributed by atoms with E-state index in [1.54, 1.807) is 54.6 Å². The molecular formula is C21H15Cl2N3O3. The fraction of sp³-hybridized carbons (Fsp3) is 0. The number of hydrogen-bond acceptors (Lipinski definition) is 4. The molecule has 0 radical (unpaired) electrons. The van der Waals surface area contributed by atoms with E-state index in [0.29, 0.717) is 32.4 Å². The van der Waals surface area contributed by atoms with Gasteiger partial charge in [0, 0.05) is 32.4 Å². The number of nitrogens with zero attached hydrogens (tertiary/aromatic N) is 1. The Morgan fingerprint density at radius 3 is 2.31 bits per heavy atom. The number of amides is 2. The molecule has 0 saturated heterocycles. The number of benzene rings is 3. The third kappa shape index (κ3) is 5.57. The van der Waals surface area contributed by atoms with Crippen LogP contribution in [-0.2, 0) is 0 Å². The van der Waals surface area contributed by atoms with Crippen LogP contribution in [-0.4, -0.2) is 23.1 Å². The SMILES string of the molecule is O=C(N/N=C\c1cc(Cl)ccc1O)c1ccc(NC(=O)c2cccc(Cl)c2)cc1. The van der Waals surface area contributed by atoms with Gasteiger partial charge in [-0.1, -0.05) is 29.3 Å². The molecule has 3 aromatic carbocycles. The standard InChI is InChI=1S/C21H15Cl2N3O3/c22-16-3-1-2-14(10-16)20(28)25-18-7-4-13(5-8-18)21(29)26-24-12-15-11-17(23)6-9-19(15)27/h1-12,27H,(H,25,28)(H,26,29)/b24-12-. The Morgan fingerprint density at radius 2 is 1.59 bits per heavy atom. The first-order valence-electron chi connectivity index (χ1n) is 8.41. The summed E-state index contributed by atoms with van der Waals surface area (Å²) in [5.74, 6) is -0.765. The maximum Gasteiger partial charge on any atom is 0.271 e. The number of carbonyl (C=O) groups is 2. The average Bonchev–Trinajstić information content (AvgIpc) is 2.71. The van der Waals surface area contributed by atoms with Gasteiger partial charge >= 0.3 is 0 Å². The number of halogens is 2. The summed E-state index contributed by atoms with van der Waals surface area (Å²) in [6, 6.07) is 17.4. The molecule has 0 unspecified atom stereocenters. The minimum atomic E-state index is -0.449. The molecule has 0 atom stereocenters. The molecular weight excluding hydrogens is 413 g/mol. The minimum Gasteiger partial charge on any atom is -0.507 e. The van der Waals surface area contributed by atoms with Crippen LogP contribution in [0.25, 0.3) is 0 Å². The van der Waals surface area contributed by atoms with Gasteiger partial charge in [0.05, 0.1) is 6.21 Å². The molecule has 0 aliphatic carbocycles. The molecule has 0 fully saturated rings. The van der Waals surface area contributed by atoms with E-state index < -0.39 is 5.91 Å². The summed E-state index contributed by atoms with van der Waals surface area (Å²) < 4.78 is 0. The van der Waals surface area contributed by atoms with Crippen molar-refractivity contribution in [2.75, 3.05) is 5.32 Å². The van der Waals surface area contributed by atoms with Crippen LogP contribution < -0.4 is 10.7 Å². The van der Waals surface area contributed by atoms with Gasteiger partial charge in [-0.3, -0.25) is 9.59 Å². The quantitative estimate of drug-likeness (QED) is 0.406. The second kappa shape index (κ2) is 9.23. The highest BCUT2D eigenvalue weighted by Gasteiger charge is 2.08. The number of phenolic OH excluding ortho intramolecular Hbond substituents is 1. The first-order chi connectivity index (χ1) is 13.9. The molecule has 0 bridgehead atoms. The van der Waals surface area contributed by atoms with E-state index in [-0.39, 0.29) is 11.7 Å². The molecule has 146 valence electrons. The number of hydrogen-bond donors (Lipinski definition) is 3. The van der Waals surface area contributed by atoms with E-state index in [9.17, 15) is 14.7 Å². The van der Waals surface area contributed by atoms with Crippen LogP contribution in [0.5, 0.6) is 5.75 Å². The highest BCUT2D eigenvalue weighted by Crippen LogP contribution is 2.19. The monoisotopic (exact) mass is 427 g/mol. The van der Waals surface area contributed by atoms with Crippen LogP contribution in [0.15, 0.2) is 71.8 Å². The number of phenols is 1. The Balaban J connectivity index is 1.60. The first kappa shape index (κ1) is 20.4. The Bertz CT molecular complexity index is 1080. The lowest BCUT2D eigenvalue weighted by molar-refractivity contribution is 0.0954. The largest absolute Gasteiger partial charge is 0.507 e. The maximum atomic E-state index is 12.2. The molecule has 6 nitrogen and oxygen atoms in total. The molecule has 0 aliphatic heterocycles. The zero-order valence-electron chi connectivity index (χ0n) is 14.9. The summed E-state index contributed by atoms with van der Waals surface area (Å²) in [5.41, 5.74) is 4.03. The zero-order valence-corrected chi connectivity index (χ0v) is 16.4. The van der Waals surface area contributed by atoms with Gasteiger partial charge in [0.1, 0.15) is 5.75 Å². The van der Waals surface area contributed by atoms with E-state index in [4.69, 9.17) is 23.2 Å². The topological polar surface area (TPSA) is 90.8 Å². The van der Waals surface area contributed by atoms with E-state index in [2.05, 4.69) is 15.8 Å². The van der Waals surface area contributed by atoms with Gasteiger partial charge < -0.3 is 10.4 Å². The van der Waals surface area contributed by atoms with Crippen molar-refractivity contribution in [3.05, 3.63) is 93.5 Å². The lowest BCUT2D eigenvalue weighted by atomic mass is 10.1. The smallest absolute Gasteiger partial charge is 0.271 e. The highest BCUT2D eigenvalue weighted by atomic mass is 35.5. The minimum absolute atomic E-state index is 0.00722. The van der Waals surface area contributed by atoms with Crippen LogP contribution in [0, 0.1) is 0 Å². The molecule has 3 rings (SSSR count). The van der Waals surface area contributed by atoms with Crippen molar-refractivity contribution in [1.82, 2.24) is 5.43 Å². The fourth-order valence-corrected chi connectivity index (χ4v) is 2.76. The normalized spacial score (nSPS) is 10.7. The van der Waals surface area contributed by atoms with Crippen LogP contribution in [0.3, 0.4) is 0 Å². The summed E-state index contributed by atoms with van der Waals surface area (Å²) in [6.07, 6.45) is 1.29. The lowest BCUT2D eigenvalue weighted by Crippen LogP contribution is -2.18. The van der Waals surface area contributed by atoms with Crippen molar-refractivity contribution >= 4 is 46.9 Å². The molecule has 2 amide bonds. The van der Waals surface area contributed by atoms with Gasteiger partial charge in [-0.25, -0.2) is 5.43 Å². The van der Waals surface area contributed by atoms with E-state index in [1.807, 2.05) is 0 Å². The van der Waals surface area contributed by atoms with Gasteiger partial charge in [0.25, 0.3) is 11.8 Å². The Labute approximate surface area is 176 Å². The first-order valence-corrected chi connectivity index (χ1v) is 9.17. The van der Waals surface area contributed by atoms with Gasteiger partial charge in [-0.15, -0.1) is 0 Å². The second-order valence-electron chi connectivity index (χ2n) is 5.94.